The van der Waals surface area contributed by atoms with Crippen molar-refractivity contribution in [1.29, 1.82) is 0 Å². The van der Waals surface area contributed by atoms with Gasteiger partial charge < -0.3 is 4.74 Å². The zero-order valence-electron chi connectivity index (χ0n) is 13.0. The second-order valence-corrected chi connectivity index (χ2v) is 6.19. The minimum absolute atomic E-state index is 0.150. The van der Waals surface area contributed by atoms with Crippen molar-refractivity contribution in [3.63, 3.8) is 0 Å². The standard InChI is InChI=1S/C19H18N2O/c1-19(21(2)3)11-10-15-17(12-19)22-16-9-8-13-6-4-5-7-14(13)18(16)20-15/h4-12H,1-3H3. The van der Waals surface area contributed by atoms with Crippen LogP contribution in [0.2, 0.25) is 0 Å². The lowest BCUT2D eigenvalue weighted by Crippen LogP contribution is -2.40. The summed E-state index contributed by atoms with van der Waals surface area (Å²) in [5.74, 6) is 1.66. The molecule has 3 heteroatoms. The van der Waals surface area contributed by atoms with Gasteiger partial charge in [0.2, 0.25) is 0 Å². The lowest BCUT2D eigenvalue weighted by Gasteiger charge is -2.34. The average Bonchev–Trinajstić information content (AvgIpc) is 2.53. The van der Waals surface area contributed by atoms with Crippen molar-refractivity contribution in [2.24, 2.45) is 4.99 Å². The molecule has 22 heavy (non-hydrogen) atoms. The molecule has 2 aliphatic rings. The summed E-state index contributed by atoms with van der Waals surface area (Å²) in [5, 5.41) is 2.31. The van der Waals surface area contributed by atoms with E-state index in [0.717, 1.165) is 28.3 Å². The molecule has 3 nitrogen and oxygen atoms in total. The molecule has 0 spiro atoms. The van der Waals surface area contributed by atoms with E-state index in [2.05, 4.69) is 62.3 Å². The first-order valence-electron chi connectivity index (χ1n) is 7.45. The molecule has 1 heterocycles. The summed E-state index contributed by atoms with van der Waals surface area (Å²) < 4.78 is 6.14. The van der Waals surface area contributed by atoms with Crippen LogP contribution in [-0.4, -0.2) is 30.2 Å². The molecular formula is C19H18N2O. The second-order valence-electron chi connectivity index (χ2n) is 6.19. The van der Waals surface area contributed by atoms with Crippen molar-refractivity contribution in [2.75, 3.05) is 14.1 Å². The predicted octanol–water partition coefficient (Wildman–Crippen LogP) is 4.08. The molecule has 1 aliphatic carbocycles. The smallest absolute Gasteiger partial charge is 0.153 e. The first-order valence-corrected chi connectivity index (χ1v) is 7.45. The summed E-state index contributed by atoms with van der Waals surface area (Å²) >= 11 is 0. The third-order valence-corrected chi connectivity index (χ3v) is 4.53. The number of ether oxygens (including phenoxy) is 1. The van der Waals surface area contributed by atoms with E-state index >= 15 is 0 Å². The van der Waals surface area contributed by atoms with Gasteiger partial charge in [-0.2, -0.15) is 0 Å². The Balaban J connectivity index is 1.88. The Labute approximate surface area is 130 Å². The average molecular weight is 290 g/mol. The van der Waals surface area contributed by atoms with Crippen LogP contribution in [0.1, 0.15) is 6.92 Å². The van der Waals surface area contributed by atoms with E-state index in [1.165, 1.54) is 5.39 Å². The number of hydrogen-bond donors (Lipinski definition) is 0. The van der Waals surface area contributed by atoms with Gasteiger partial charge in [-0.05, 0) is 44.6 Å². The molecule has 0 radical (unpaired) electrons. The zero-order chi connectivity index (χ0) is 15.3. The van der Waals surface area contributed by atoms with Crippen LogP contribution in [0.15, 0.2) is 65.4 Å². The fourth-order valence-electron chi connectivity index (χ4n) is 2.84. The Morgan fingerprint density at radius 3 is 2.73 bits per heavy atom. The Morgan fingerprint density at radius 1 is 1.09 bits per heavy atom. The van der Waals surface area contributed by atoms with Gasteiger partial charge >= 0.3 is 0 Å². The van der Waals surface area contributed by atoms with Gasteiger partial charge in [0.1, 0.15) is 11.4 Å². The van der Waals surface area contributed by atoms with E-state index < -0.39 is 0 Å². The summed E-state index contributed by atoms with van der Waals surface area (Å²) in [6.07, 6.45) is 6.35. The molecule has 0 N–H and O–H groups in total. The molecular weight excluding hydrogens is 272 g/mol. The number of aliphatic imine (C=N–C) groups is 1. The molecule has 2 aromatic rings. The van der Waals surface area contributed by atoms with Crippen LogP contribution < -0.4 is 4.74 Å². The SMILES string of the molecule is CN(C)C1(C)C=CC2=Nc3c(ccc4ccccc34)OC2=C1. The van der Waals surface area contributed by atoms with Crippen molar-refractivity contribution in [3.05, 3.63) is 60.4 Å². The Hall–Kier alpha value is -2.39. The van der Waals surface area contributed by atoms with Crippen molar-refractivity contribution in [1.82, 2.24) is 4.90 Å². The van der Waals surface area contributed by atoms with Crippen molar-refractivity contribution in [2.45, 2.75) is 12.5 Å². The van der Waals surface area contributed by atoms with Crippen LogP contribution in [0.5, 0.6) is 5.75 Å². The van der Waals surface area contributed by atoms with E-state index in [-0.39, 0.29) is 5.54 Å². The maximum absolute atomic E-state index is 6.14. The van der Waals surface area contributed by atoms with Gasteiger partial charge in [0.05, 0.1) is 5.54 Å². The van der Waals surface area contributed by atoms with Crippen LogP contribution in [0.25, 0.3) is 10.8 Å². The minimum Gasteiger partial charge on any atom is -0.453 e. The maximum atomic E-state index is 6.14. The van der Waals surface area contributed by atoms with Crippen LogP contribution in [0.4, 0.5) is 5.69 Å². The van der Waals surface area contributed by atoms with E-state index in [0.29, 0.717) is 0 Å². The quantitative estimate of drug-likeness (QED) is 0.790. The third-order valence-electron chi connectivity index (χ3n) is 4.53. The number of rotatable bonds is 1. The number of likely N-dealkylation sites (N-methyl/N-ethyl adjacent to an activating group) is 1. The van der Waals surface area contributed by atoms with Gasteiger partial charge in [0, 0.05) is 5.39 Å². The fraction of sp³-hybridized carbons (Fsp3) is 0.211. The summed E-state index contributed by atoms with van der Waals surface area (Å²) in [4.78, 5) is 7.00. The summed E-state index contributed by atoms with van der Waals surface area (Å²) in [5.41, 5.74) is 1.66. The Morgan fingerprint density at radius 2 is 1.91 bits per heavy atom. The lowest BCUT2D eigenvalue weighted by atomic mass is 9.92. The fourth-order valence-corrected chi connectivity index (χ4v) is 2.84. The van der Waals surface area contributed by atoms with Gasteiger partial charge in [-0.15, -0.1) is 0 Å². The molecule has 1 atom stereocenters. The van der Waals surface area contributed by atoms with Crippen LogP contribution in [-0.2, 0) is 0 Å². The molecule has 0 bridgehead atoms. The molecule has 2 aromatic carbocycles. The van der Waals surface area contributed by atoms with E-state index in [1.807, 2.05) is 18.2 Å². The lowest BCUT2D eigenvalue weighted by molar-refractivity contribution is 0.277. The van der Waals surface area contributed by atoms with Crippen LogP contribution in [0.3, 0.4) is 0 Å². The highest BCUT2D eigenvalue weighted by Crippen LogP contribution is 2.41. The number of hydrogen-bond acceptors (Lipinski definition) is 3. The van der Waals surface area contributed by atoms with Gasteiger partial charge in [-0.1, -0.05) is 36.4 Å². The monoisotopic (exact) mass is 290 g/mol. The molecule has 0 fully saturated rings. The van der Waals surface area contributed by atoms with Crippen molar-refractivity contribution in [3.8, 4) is 5.75 Å². The van der Waals surface area contributed by atoms with Gasteiger partial charge in [0.15, 0.2) is 11.5 Å². The first kappa shape index (κ1) is 13.3. The second kappa shape index (κ2) is 4.55. The molecule has 0 aromatic heterocycles. The number of fused-ring (bicyclic) bond motifs is 4. The highest BCUT2D eigenvalue weighted by Gasteiger charge is 2.30. The molecule has 1 aliphatic heterocycles. The maximum Gasteiger partial charge on any atom is 0.153 e. The topological polar surface area (TPSA) is 24.8 Å². The normalized spacial score (nSPS) is 22.7. The highest BCUT2D eigenvalue weighted by atomic mass is 16.5. The third kappa shape index (κ3) is 1.90. The van der Waals surface area contributed by atoms with Crippen molar-refractivity contribution < 1.29 is 4.74 Å². The zero-order valence-corrected chi connectivity index (χ0v) is 13.0. The Kier molecular flexibility index (Phi) is 2.75. The van der Waals surface area contributed by atoms with Crippen molar-refractivity contribution >= 4 is 22.2 Å². The largest absolute Gasteiger partial charge is 0.453 e. The van der Waals surface area contributed by atoms with Gasteiger partial charge in [-0.25, -0.2) is 4.99 Å². The van der Waals surface area contributed by atoms with Gasteiger partial charge in [0.25, 0.3) is 0 Å². The first-order chi connectivity index (χ1) is 10.6. The predicted molar refractivity (Wildman–Crippen MR) is 91.0 cm³/mol. The van der Waals surface area contributed by atoms with Crippen LogP contribution in [0, 0.1) is 0 Å². The molecule has 1 unspecified atom stereocenters. The highest BCUT2D eigenvalue weighted by molar-refractivity contribution is 6.13. The van der Waals surface area contributed by atoms with E-state index in [1.54, 1.807) is 0 Å². The minimum atomic E-state index is -0.150. The Bertz CT molecular complexity index is 861. The number of nitrogens with zero attached hydrogens (tertiary/aromatic N) is 2. The summed E-state index contributed by atoms with van der Waals surface area (Å²) in [6.45, 7) is 2.16. The molecule has 0 saturated carbocycles. The number of allylic oxidation sites excluding steroid dienone is 1. The molecule has 4 rings (SSSR count). The summed E-state index contributed by atoms with van der Waals surface area (Å²) in [6, 6.07) is 12.4. The van der Waals surface area contributed by atoms with Crippen LogP contribution >= 0.6 is 0 Å². The molecule has 110 valence electrons. The van der Waals surface area contributed by atoms with E-state index in [9.17, 15) is 0 Å². The van der Waals surface area contributed by atoms with E-state index in [4.69, 9.17) is 9.73 Å². The molecule has 0 amide bonds. The molecule has 0 saturated heterocycles. The van der Waals surface area contributed by atoms with Gasteiger partial charge in [-0.3, -0.25) is 4.90 Å². The number of benzene rings is 2. The summed E-state index contributed by atoms with van der Waals surface area (Å²) in [7, 11) is 4.13.